The lowest BCUT2D eigenvalue weighted by molar-refractivity contribution is -0.0211. The fraction of sp³-hybridized carbons (Fsp3) is 0.190. The van der Waals surface area contributed by atoms with Crippen LogP contribution >= 0.6 is 11.3 Å². The van der Waals surface area contributed by atoms with Gasteiger partial charge in [0.2, 0.25) is 6.23 Å². The second kappa shape index (κ2) is 6.60. The average molecular weight is 398 g/mol. The topological polar surface area (TPSA) is 34.1 Å². The number of thiophene rings is 1. The van der Waals surface area contributed by atoms with Crippen LogP contribution in [0.5, 0.6) is 11.5 Å². The van der Waals surface area contributed by atoms with Crippen LogP contribution < -0.4 is 9.47 Å². The Morgan fingerprint density at radius 1 is 1.14 bits per heavy atom. The summed E-state index contributed by atoms with van der Waals surface area (Å²) in [6.07, 6.45) is 0.0193. The van der Waals surface area contributed by atoms with Crippen LogP contribution in [0.25, 0.3) is 0 Å². The third kappa shape index (κ3) is 2.65. The first-order valence-electron chi connectivity index (χ1n) is 8.84. The predicted octanol–water partition coefficient (Wildman–Crippen LogP) is 5.28. The summed E-state index contributed by atoms with van der Waals surface area (Å²) >= 11 is 1.62. The highest BCUT2D eigenvalue weighted by atomic mass is 32.1. The maximum absolute atomic E-state index is 13.9. The smallest absolute Gasteiger partial charge is 0.214 e. The summed E-state index contributed by atoms with van der Waals surface area (Å²) in [7, 11) is 1.58. The Hall–Kier alpha value is -2.93. The average Bonchev–Trinajstić information content (AvgIpc) is 3.38. The molecule has 0 spiro atoms. The molecule has 7 heteroatoms. The summed E-state index contributed by atoms with van der Waals surface area (Å²) < 4.78 is 39.1. The van der Waals surface area contributed by atoms with Crippen LogP contribution in [0.15, 0.2) is 59.0 Å². The molecule has 0 saturated carbocycles. The zero-order valence-electron chi connectivity index (χ0n) is 14.9. The third-order valence-electron chi connectivity index (χ3n) is 5.03. The molecule has 3 heterocycles. The molecule has 4 nitrogen and oxygen atoms in total. The van der Waals surface area contributed by atoms with Gasteiger partial charge in [-0.25, -0.2) is 13.8 Å². The highest BCUT2D eigenvalue weighted by Gasteiger charge is 2.42. The van der Waals surface area contributed by atoms with E-state index in [4.69, 9.17) is 14.6 Å². The largest absolute Gasteiger partial charge is 0.493 e. The van der Waals surface area contributed by atoms with Crippen molar-refractivity contribution < 1.29 is 18.3 Å². The Morgan fingerprint density at radius 3 is 2.79 bits per heavy atom. The first kappa shape index (κ1) is 17.2. The lowest BCUT2D eigenvalue weighted by Crippen LogP contribution is -2.34. The number of hydrazone groups is 1. The number of para-hydroxylation sites is 1. The molecule has 2 atom stereocenters. The van der Waals surface area contributed by atoms with Gasteiger partial charge in [0.1, 0.15) is 0 Å². The molecule has 0 amide bonds. The number of ether oxygens (including phenoxy) is 2. The van der Waals surface area contributed by atoms with Crippen LogP contribution in [0, 0.1) is 11.6 Å². The van der Waals surface area contributed by atoms with Crippen LogP contribution in [0.3, 0.4) is 0 Å². The first-order valence-corrected chi connectivity index (χ1v) is 9.72. The fourth-order valence-electron chi connectivity index (χ4n) is 3.72. The Labute approximate surface area is 164 Å². The van der Waals surface area contributed by atoms with Crippen molar-refractivity contribution in [2.24, 2.45) is 5.10 Å². The maximum Gasteiger partial charge on any atom is 0.214 e. The van der Waals surface area contributed by atoms with E-state index in [1.165, 1.54) is 6.07 Å². The summed E-state index contributed by atoms with van der Waals surface area (Å²) in [4.78, 5) is 1.09. The molecule has 3 aromatic rings. The molecule has 0 saturated heterocycles. The van der Waals surface area contributed by atoms with Crippen molar-refractivity contribution in [2.45, 2.75) is 18.7 Å². The van der Waals surface area contributed by atoms with Gasteiger partial charge < -0.3 is 9.47 Å². The second-order valence-electron chi connectivity index (χ2n) is 6.65. The molecule has 0 radical (unpaired) electrons. The lowest BCUT2D eigenvalue weighted by Gasteiger charge is -2.38. The van der Waals surface area contributed by atoms with E-state index < -0.39 is 17.9 Å². The highest BCUT2D eigenvalue weighted by molar-refractivity contribution is 7.12. The van der Waals surface area contributed by atoms with Gasteiger partial charge >= 0.3 is 0 Å². The lowest BCUT2D eigenvalue weighted by atomic mass is 9.97. The number of halogens is 2. The Kier molecular flexibility index (Phi) is 4.05. The van der Waals surface area contributed by atoms with Crippen molar-refractivity contribution in [3.05, 3.63) is 81.5 Å². The van der Waals surface area contributed by atoms with Crippen molar-refractivity contribution in [3.8, 4) is 11.5 Å². The van der Waals surface area contributed by atoms with Crippen LogP contribution in [-0.2, 0) is 0 Å². The van der Waals surface area contributed by atoms with E-state index >= 15 is 0 Å². The molecule has 0 aliphatic carbocycles. The van der Waals surface area contributed by atoms with Crippen LogP contribution in [0.2, 0.25) is 0 Å². The normalized spacial score (nSPS) is 20.2. The summed E-state index contributed by atoms with van der Waals surface area (Å²) in [5, 5.41) is 8.64. The number of hydrogen-bond acceptors (Lipinski definition) is 5. The predicted molar refractivity (Wildman–Crippen MR) is 103 cm³/mol. The standard InChI is InChI=1S/C21H16F2N2O2S/c1-26-18-5-2-4-13-17-11-16(19-6-3-9-28-19)24-25(17)21(27-20(13)18)12-7-8-14(22)15(23)10-12/h2-10,17,21H,11H2,1H3. The minimum Gasteiger partial charge on any atom is -0.493 e. The molecule has 142 valence electrons. The van der Waals surface area contributed by atoms with Gasteiger partial charge in [0.15, 0.2) is 23.1 Å². The number of benzene rings is 2. The maximum atomic E-state index is 13.9. The van der Waals surface area contributed by atoms with Gasteiger partial charge in [-0.15, -0.1) is 11.3 Å². The number of nitrogens with zero attached hydrogens (tertiary/aromatic N) is 2. The van der Waals surface area contributed by atoms with E-state index in [9.17, 15) is 8.78 Å². The first-order chi connectivity index (χ1) is 13.7. The number of hydrogen-bond donors (Lipinski definition) is 0. The molecular weight excluding hydrogens is 382 g/mol. The van der Waals surface area contributed by atoms with Crippen molar-refractivity contribution in [3.63, 3.8) is 0 Å². The Bertz CT molecular complexity index is 1070. The van der Waals surface area contributed by atoms with Gasteiger partial charge in [0.05, 0.1) is 23.7 Å². The zero-order chi connectivity index (χ0) is 19.3. The van der Waals surface area contributed by atoms with Crippen molar-refractivity contribution in [2.75, 3.05) is 7.11 Å². The molecule has 1 aromatic heterocycles. The van der Waals surface area contributed by atoms with Gasteiger partial charge in [-0.1, -0.05) is 24.3 Å². The Balaban J connectivity index is 1.64. The van der Waals surface area contributed by atoms with Crippen LogP contribution in [0.4, 0.5) is 8.78 Å². The molecule has 28 heavy (non-hydrogen) atoms. The van der Waals surface area contributed by atoms with E-state index in [1.807, 2.05) is 40.7 Å². The third-order valence-corrected chi connectivity index (χ3v) is 5.95. The van der Waals surface area contributed by atoms with E-state index in [0.29, 0.717) is 23.5 Å². The minimum atomic E-state index is -0.912. The summed E-state index contributed by atoms with van der Waals surface area (Å²) in [6, 6.07) is 13.5. The number of fused-ring (bicyclic) bond motifs is 3. The van der Waals surface area contributed by atoms with Crippen LogP contribution in [0.1, 0.15) is 34.7 Å². The zero-order valence-corrected chi connectivity index (χ0v) is 15.7. The number of methoxy groups -OCH3 is 1. The van der Waals surface area contributed by atoms with E-state index in [-0.39, 0.29) is 6.04 Å². The second-order valence-corrected chi connectivity index (χ2v) is 7.59. The monoisotopic (exact) mass is 398 g/mol. The van der Waals surface area contributed by atoms with Crippen molar-refractivity contribution in [1.29, 1.82) is 0 Å². The molecule has 5 rings (SSSR count). The molecule has 2 unspecified atom stereocenters. The highest BCUT2D eigenvalue weighted by Crippen LogP contribution is 2.50. The molecule has 2 aliphatic heterocycles. The summed E-state index contributed by atoms with van der Waals surface area (Å²) in [6.45, 7) is 0. The van der Waals surface area contributed by atoms with Gasteiger partial charge in [-0.05, 0) is 29.6 Å². The van der Waals surface area contributed by atoms with Gasteiger partial charge in [0.25, 0.3) is 0 Å². The molecule has 0 fully saturated rings. The Morgan fingerprint density at radius 2 is 2.04 bits per heavy atom. The number of rotatable bonds is 3. The summed E-state index contributed by atoms with van der Waals surface area (Å²) in [5.41, 5.74) is 2.41. The molecule has 2 aliphatic rings. The molecule has 2 aromatic carbocycles. The van der Waals surface area contributed by atoms with E-state index in [2.05, 4.69) is 0 Å². The minimum absolute atomic E-state index is 0.0749. The van der Waals surface area contributed by atoms with E-state index in [1.54, 1.807) is 18.4 Å². The van der Waals surface area contributed by atoms with E-state index in [0.717, 1.165) is 28.3 Å². The van der Waals surface area contributed by atoms with Gasteiger partial charge in [-0.3, -0.25) is 0 Å². The van der Waals surface area contributed by atoms with Gasteiger partial charge in [-0.2, -0.15) is 5.10 Å². The fourth-order valence-corrected chi connectivity index (χ4v) is 4.44. The quantitative estimate of drug-likeness (QED) is 0.602. The molecular formula is C21H16F2N2O2S. The van der Waals surface area contributed by atoms with Crippen molar-refractivity contribution >= 4 is 17.0 Å². The molecule has 0 bridgehead atoms. The van der Waals surface area contributed by atoms with Crippen LogP contribution in [-0.4, -0.2) is 17.8 Å². The summed E-state index contributed by atoms with van der Waals surface area (Å²) in [5.74, 6) is -0.582. The molecule has 0 N–H and O–H groups in total. The van der Waals surface area contributed by atoms with Crippen molar-refractivity contribution in [1.82, 2.24) is 5.01 Å². The van der Waals surface area contributed by atoms with Gasteiger partial charge in [0, 0.05) is 17.5 Å². The SMILES string of the molecule is COc1cccc2c1OC(c1ccc(F)c(F)c1)N1N=C(c3cccs3)CC21.